The van der Waals surface area contributed by atoms with Gasteiger partial charge < -0.3 is 11.1 Å². The Kier molecular flexibility index (Phi) is 1.45. The lowest BCUT2D eigenvalue weighted by atomic mass is 10.1. The first-order valence-electron chi connectivity index (χ1n) is 4.02. The molecule has 0 aliphatic carbocycles. The maximum atomic E-state index is 5.98. The Morgan fingerprint density at radius 1 is 1.50 bits per heavy atom. The fraction of sp³-hybridized carbons (Fsp3) is 0.200. The van der Waals surface area contributed by atoms with Crippen LogP contribution >= 0.6 is 0 Å². The monoisotopic (exact) mass is 160 g/mol. The second-order valence-electron chi connectivity index (χ2n) is 3.20. The summed E-state index contributed by atoms with van der Waals surface area (Å²) in [6, 6.07) is 8.14. The van der Waals surface area contributed by atoms with E-state index >= 15 is 0 Å². The predicted octanol–water partition coefficient (Wildman–Crippen LogP) is 1.50. The van der Waals surface area contributed by atoms with Gasteiger partial charge in [0, 0.05) is 12.1 Å². The Hall–Kier alpha value is -1.28. The number of hydrogen-bond acceptors (Lipinski definition) is 2. The van der Waals surface area contributed by atoms with Gasteiger partial charge in [0.1, 0.15) is 5.66 Å². The van der Waals surface area contributed by atoms with Crippen molar-refractivity contribution >= 4 is 5.69 Å². The zero-order valence-electron chi connectivity index (χ0n) is 6.88. The third kappa shape index (κ3) is 1.01. The van der Waals surface area contributed by atoms with Crippen LogP contribution in [0.1, 0.15) is 5.56 Å². The third-order valence-corrected chi connectivity index (χ3v) is 2.23. The summed E-state index contributed by atoms with van der Waals surface area (Å²) in [6.07, 6.45) is 2.58. The summed E-state index contributed by atoms with van der Waals surface area (Å²) >= 11 is 0. The van der Waals surface area contributed by atoms with E-state index in [0.717, 1.165) is 12.1 Å². The van der Waals surface area contributed by atoms with Gasteiger partial charge in [-0.25, -0.2) is 0 Å². The lowest BCUT2D eigenvalue weighted by Crippen LogP contribution is -2.43. The van der Waals surface area contributed by atoms with Crippen LogP contribution < -0.4 is 11.1 Å². The second-order valence-corrected chi connectivity index (χ2v) is 3.20. The van der Waals surface area contributed by atoms with Crippen LogP contribution in [-0.2, 0) is 6.42 Å². The van der Waals surface area contributed by atoms with E-state index < -0.39 is 5.66 Å². The molecule has 0 fully saturated rings. The minimum absolute atomic E-state index is 0.441. The molecule has 3 N–H and O–H groups in total. The molecule has 1 aliphatic rings. The zero-order valence-corrected chi connectivity index (χ0v) is 6.88. The molecule has 1 unspecified atom stereocenters. The fourth-order valence-electron chi connectivity index (χ4n) is 1.53. The van der Waals surface area contributed by atoms with Crippen LogP contribution in [0.15, 0.2) is 36.9 Å². The minimum atomic E-state index is -0.441. The average molecular weight is 160 g/mol. The zero-order chi connectivity index (χ0) is 8.60. The van der Waals surface area contributed by atoms with E-state index in [-0.39, 0.29) is 0 Å². The molecule has 1 aliphatic heterocycles. The van der Waals surface area contributed by atoms with Gasteiger partial charge in [0.15, 0.2) is 0 Å². The van der Waals surface area contributed by atoms with E-state index in [9.17, 15) is 0 Å². The van der Waals surface area contributed by atoms with Crippen molar-refractivity contribution in [3.8, 4) is 0 Å². The summed E-state index contributed by atoms with van der Waals surface area (Å²) in [7, 11) is 0. The third-order valence-electron chi connectivity index (χ3n) is 2.23. The Morgan fingerprint density at radius 2 is 2.25 bits per heavy atom. The van der Waals surface area contributed by atoms with E-state index in [0.29, 0.717) is 0 Å². The maximum absolute atomic E-state index is 5.98. The number of nitrogens with two attached hydrogens (primary N) is 1. The van der Waals surface area contributed by atoms with Gasteiger partial charge in [-0.15, -0.1) is 0 Å². The molecule has 0 saturated carbocycles. The van der Waals surface area contributed by atoms with E-state index in [2.05, 4.69) is 18.0 Å². The lowest BCUT2D eigenvalue weighted by Gasteiger charge is -2.19. The van der Waals surface area contributed by atoms with Crippen molar-refractivity contribution in [2.24, 2.45) is 5.73 Å². The van der Waals surface area contributed by atoms with Crippen molar-refractivity contribution < 1.29 is 0 Å². The van der Waals surface area contributed by atoms with Gasteiger partial charge in [-0.3, -0.25) is 0 Å². The molecule has 2 nitrogen and oxygen atoms in total. The molecule has 0 amide bonds. The summed E-state index contributed by atoms with van der Waals surface area (Å²) in [5.41, 5.74) is 7.93. The molecule has 2 heteroatoms. The van der Waals surface area contributed by atoms with Gasteiger partial charge in [-0.2, -0.15) is 0 Å². The Morgan fingerprint density at radius 3 is 2.92 bits per heavy atom. The number of fused-ring (bicyclic) bond motifs is 1. The standard InChI is InChI=1S/C10H12N2/c1-2-10(11)7-8-5-3-4-6-9(8)12-10/h2-6,12H,1,7,11H2. The summed E-state index contributed by atoms with van der Waals surface area (Å²) < 4.78 is 0. The Balaban J connectivity index is 2.39. The molecule has 2 rings (SSSR count). The number of para-hydroxylation sites is 1. The highest BCUT2D eigenvalue weighted by atomic mass is 15.1. The van der Waals surface area contributed by atoms with E-state index in [1.54, 1.807) is 6.08 Å². The van der Waals surface area contributed by atoms with Gasteiger partial charge in [0.05, 0.1) is 0 Å². The van der Waals surface area contributed by atoms with Gasteiger partial charge in [0.2, 0.25) is 0 Å². The molecule has 1 atom stereocenters. The summed E-state index contributed by atoms with van der Waals surface area (Å²) in [5, 5.41) is 3.22. The number of anilines is 1. The lowest BCUT2D eigenvalue weighted by molar-refractivity contribution is 0.632. The van der Waals surface area contributed by atoms with Crippen LogP contribution in [0.25, 0.3) is 0 Å². The minimum Gasteiger partial charge on any atom is -0.364 e. The van der Waals surface area contributed by atoms with Crippen molar-refractivity contribution in [2.75, 3.05) is 5.32 Å². The highest BCUT2D eigenvalue weighted by molar-refractivity contribution is 5.59. The van der Waals surface area contributed by atoms with Crippen molar-refractivity contribution in [3.05, 3.63) is 42.5 Å². The van der Waals surface area contributed by atoms with E-state index in [1.807, 2.05) is 18.2 Å². The number of benzene rings is 1. The number of nitrogens with one attached hydrogen (secondary N) is 1. The smallest absolute Gasteiger partial charge is 0.109 e. The topological polar surface area (TPSA) is 38.0 Å². The van der Waals surface area contributed by atoms with Gasteiger partial charge >= 0.3 is 0 Å². The van der Waals surface area contributed by atoms with Gasteiger partial charge in [-0.05, 0) is 11.6 Å². The molecule has 12 heavy (non-hydrogen) atoms. The summed E-state index contributed by atoms with van der Waals surface area (Å²) in [5.74, 6) is 0. The highest BCUT2D eigenvalue weighted by Gasteiger charge is 2.28. The normalized spacial score (nSPS) is 26.1. The molecule has 1 heterocycles. The first-order valence-corrected chi connectivity index (χ1v) is 4.02. The molecule has 0 radical (unpaired) electrons. The molecule has 0 saturated heterocycles. The molecule has 1 aromatic rings. The molecular formula is C10H12N2. The SMILES string of the molecule is C=CC1(N)Cc2ccccc2N1. The first kappa shape index (κ1) is 7.37. The fourth-order valence-corrected chi connectivity index (χ4v) is 1.53. The molecular weight excluding hydrogens is 148 g/mol. The van der Waals surface area contributed by atoms with Gasteiger partial charge in [0.25, 0.3) is 0 Å². The first-order chi connectivity index (χ1) is 5.73. The van der Waals surface area contributed by atoms with Crippen LogP contribution in [0.5, 0.6) is 0 Å². The van der Waals surface area contributed by atoms with Crippen molar-refractivity contribution in [1.29, 1.82) is 0 Å². The largest absolute Gasteiger partial charge is 0.364 e. The van der Waals surface area contributed by atoms with Crippen molar-refractivity contribution in [3.63, 3.8) is 0 Å². The van der Waals surface area contributed by atoms with Crippen molar-refractivity contribution in [2.45, 2.75) is 12.1 Å². The molecule has 0 aromatic heterocycles. The van der Waals surface area contributed by atoms with Crippen LogP contribution in [0, 0.1) is 0 Å². The van der Waals surface area contributed by atoms with Crippen LogP contribution in [0.3, 0.4) is 0 Å². The van der Waals surface area contributed by atoms with Crippen LogP contribution in [0.4, 0.5) is 5.69 Å². The van der Waals surface area contributed by atoms with Gasteiger partial charge in [-0.1, -0.05) is 30.9 Å². The number of hydrogen-bond donors (Lipinski definition) is 2. The van der Waals surface area contributed by atoms with E-state index in [1.165, 1.54) is 5.56 Å². The highest BCUT2D eigenvalue weighted by Crippen LogP contribution is 2.29. The van der Waals surface area contributed by atoms with Crippen molar-refractivity contribution in [1.82, 2.24) is 0 Å². The summed E-state index contributed by atoms with van der Waals surface area (Å²) in [6.45, 7) is 3.71. The quantitative estimate of drug-likeness (QED) is 0.611. The number of rotatable bonds is 1. The molecule has 62 valence electrons. The van der Waals surface area contributed by atoms with Crippen LogP contribution in [-0.4, -0.2) is 5.66 Å². The second kappa shape index (κ2) is 2.35. The Labute approximate surface area is 72.1 Å². The molecule has 0 spiro atoms. The average Bonchev–Trinajstić information content (AvgIpc) is 2.42. The Bertz CT molecular complexity index is 292. The van der Waals surface area contributed by atoms with E-state index in [4.69, 9.17) is 5.73 Å². The summed E-state index contributed by atoms with van der Waals surface area (Å²) in [4.78, 5) is 0. The maximum Gasteiger partial charge on any atom is 0.109 e. The molecule has 0 bridgehead atoms. The van der Waals surface area contributed by atoms with Crippen LogP contribution in [0.2, 0.25) is 0 Å². The molecule has 1 aromatic carbocycles. The predicted molar refractivity (Wildman–Crippen MR) is 50.9 cm³/mol.